The lowest BCUT2D eigenvalue weighted by Gasteiger charge is -2.05. The number of imidazole rings is 1. The number of benzene rings is 1. The Balaban J connectivity index is 1.46. The van der Waals surface area contributed by atoms with Gasteiger partial charge in [0.1, 0.15) is 16.9 Å². The molecule has 1 amide bonds. The van der Waals surface area contributed by atoms with Crippen molar-refractivity contribution in [3.63, 3.8) is 0 Å². The van der Waals surface area contributed by atoms with Crippen molar-refractivity contribution in [2.45, 2.75) is 12.6 Å². The first kappa shape index (κ1) is 18.2. The second-order valence-electron chi connectivity index (χ2n) is 6.02. The Hall–Kier alpha value is -3.20. The summed E-state index contributed by atoms with van der Waals surface area (Å²) in [4.78, 5) is 20.7. The van der Waals surface area contributed by atoms with Crippen molar-refractivity contribution in [2.24, 2.45) is 0 Å². The van der Waals surface area contributed by atoms with E-state index in [1.54, 1.807) is 6.20 Å². The number of rotatable bonds is 4. The molecule has 28 heavy (non-hydrogen) atoms. The molecule has 0 bridgehead atoms. The molecule has 0 fully saturated rings. The maximum Gasteiger partial charge on any atom is 0.432 e. The molecule has 1 aromatic carbocycles. The molecule has 0 aliphatic carbocycles. The molecule has 0 radical (unpaired) electrons. The largest absolute Gasteiger partial charge is 0.432 e. The van der Waals surface area contributed by atoms with Crippen LogP contribution in [0.2, 0.25) is 0 Å². The van der Waals surface area contributed by atoms with Gasteiger partial charge in [0, 0.05) is 17.1 Å². The molecular weight excluding hydrogens is 389 g/mol. The van der Waals surface area contributed by atoms with Crippen molar-refractivity contribution in [2.75, 3.05) is 5.32 Å². The fraction of sp³-hybridized carbons (Fsp3) is 0.105. The molecule has 142 valence electrons. The van der Waals surface area contributed by atoms with E-state index in [0.29, 0.717) is 0 Å². The number of alkyl halides is 3. The van der Waals surface area contributed by atoms with E-state index in [2.05, 4.69) is 15.3 Å². The van der Waals surface area contributed by atoms with Crippen molar-refractivity contribution in [1.82, 2.24) is 14.4 Å². The number of carbonyl (C=O) groups excluding carboxylic acids is 1. The first-order valence-electron chi connectivity index (χ1n) is 8.24. The van der Waals surface area contributed by atoms with Crippen molar-refractivity contribution in [3.05, 3.63) is 71.6 Å². The average Bonchev–Trinajstić information content (AvgIpc) is 3.26. The van der Waals surface area contributed by atoms with E-state index in [0.717, 1.165) is 44.3 Å². The highest BCUT2D eigenvalue weighted by atomic mass is 32.1. The molecule has 3 aromatic heterocycles. The third-order valence-corrected chi connectivity index (χ3v) is 5.05. The summed E-state index contributed by atoms with van der Waals surface area (Å²) < 4.78 is 39.7. The van der Waals surface area contributed by atoms with Crippen molar-refractivity contribution < 1.29 is 18.0 Å². The van der Waals surface area contributed by atoms with Crippen LogP contribution in [0.3, 0.4) is 0 Å². The van der Waals surface area contributed by atoms with E-state index in [9.17, 15) is 18.0 Å². The van der Waals surface area contributed by atoms with Gasteiger partial charge in [0.05, 0.1) is 12.1 Å². The number of carbonyl (C=O) groups is 1. The van der Waals surface area contributed by atoms with Crippen LogP contribution >= 0.6 is 11.3 Å². The van der Waals surface area contributed by atoms with Gasteiger partial charge in [-0.2, -0.15) is 13.2 Å². The quantitative estimate of drug-likeness (QED) is 0.540. The molecule has 4 rings (SSSR count). The Morgan fingerprint density at radius 1 is 1.11 bits per heavy atom. The van der Waals surface area contributed by atoms with Gasteiger partial charge >= 0.3 is 6.18 Å². The number of hydrogen-bond acceptors (Lipinski definition) is 4. The summed E-state index contributed by atoms with van der Waals surface area (Å²) in [6, 6.07) is 13.0. The minimum atomic E-state index is -4.48. The highest BCUT2D eigenvalue weighted by Gasteiger charge is 2.35. The van der Waals surface area contributed by atoms with Gasteiger partial charge in [-0.3, -0.25) is 14.2 Å². The lowest BCUT2D eigenvalue weighted by Crippen LogP contribution is -2.14. The van der Waals surface area contributed by atoms with Gasteiger partial charge in [-0.25, -0.2) is 4.98 Å². The molecule has 5 nitrogen and oxygen atoms in total. The predicted molar refractivity (Wildman–Crippen MR) is 100 cm³/mol. The van der Waals surface area contributed by atoms with E-state index < -0.39 is 11.9 Å². The first-order valence-corrected chi connectivity index (χ1v) is 9.12. The number of fused-ring (bicyclic) bond motifs is 1. The monoisotopic (exact) mass is 402 g/mol. The third kappa shape index (κ3) is 3.61. The van der Waals surface area contributed by atoms with Crippen LogP contribution in [0.15, 0.2) is 60.4 Å². The second-order valence-corrected chi connectivity index (χ2v) is 6.88. The summed E-state index contributed by atoms with van der Waals surface area (Å²) in [5.41, 5.74) is 1.72. The summed E-state index contributed by atoms with van der Waals surface area (Å²) in [6.45, 7) is 0. The van der Waals surface area contributed by atoms with Crippen LogP contribution in [0.5, 0.6) is 0 Å². The molecule has 0 aliphatic rings. The van der Waals surface area contributed by atoms with Crippen molar-refractivity contribution >= 4 is 27.9 Å². The molecule has 9 heteroatoms. The van der Waals surface area contributed by atoms with E-state index in [1.807, 2.05) is 42.5 Å². The van der Waals surface area contributed by atoms with E-state index in [1.165, 1.54) is 0 Å². The lowest BCUT2D eigenvalue weighted by molar-refractivity contribution is -0.141. The van der Waals surface area contributed by atoms with Crippen LogP contribution in [0.25, 0.3) is 16.1 Å². The smallest absolute Gasteiger partial charge is 0.308 e. The summed E-state index contributed by atoms with van der Waals surface area (Å²) in [6.07, 6.45) is -1.63. The number of aromatic nitrogens is 3. The molecule has 3 heterocycles. The summed E-state index contributed by atoms with van der Waals surface area (Å²) in [7, 11) is 0. The Kier molecular flexibility index (Phi) is 4.60. The van der Waals surface area contributed by atoms with Gasteiger partial charge in [0.2, 0.25) is 5.91 Å². The maximum atomic E-state index is 12.9. The predicted octanol–water partition coefficient (Wildman–Crippen LogP) is 4.66. The minimum absolute atomic E-state index is 0.0824. The molecule has 0 aliphatic heterocycles. The normalized spacial score (nSPS) is 11.7. The molecule has 0 unspecified atom stereocenters. The Bertz CT molecular complexity index is 1120. The van der Waals surface area contributed by atoms with Crippen LogP contribution in [0, 0.1) is 0 Å². The topological polar surface area (TPSA) is 59.3 Å². The third-order valence-electron chi connectivity index (χ3n) is 4.09. The highest BCUT2D eigenvalue weighted by Crippen LogP contribution is 2.35. The molecular formula is C19H13F3N4OS. The molecule has 0 saturated carbocycles. The summed E-state index contributed by atoms with van der Waals surface area (Å²) in [5.74, 6) is -0.233. The van der Waals surface area contributed by atoms with Gasteiger partial charge in [-0.1, -0.05) is 30.3 Å². The highest BCUT2D eigenvalue weighted by molar-refractivity contribution is 7.16. The van der Waals surface area contributed by atoms with Crippen LogP contribution < -0.4 is 5.32 Å². The zero-order valence-electron chi connectivity index (χ0n) is 14.3. The van der Waals surface area contributed by atoms with Crippen LogP contribution in [0.1, 0.15) is 11.3 Å². The summed E-state index contributed by atoms with van der Waals surface area (Å²) in [5, 5.41) is 3.59. The number of amides is 1. The first-order chi connectivity index (χ1) is 13.4. The standard InChI is InChI=1S/C19H13F3N4OS/c20-19(21,22)15-10-28-18-17(24-11-26(15)18)25-16(27)9-12-4-6-13(7-5-12)14-3-1-2-8-23-14/h1-8,10-11H,9H2,(H,25,27). The second kappa shape index (κ2) is 7.08. The number of pyridine rings is 1. The summed E-state index contributed by atoms with van der Waals surface area (Å²) >= 11 is 0.881. The van der Waals surface area contributed by atoms with Gasteiger partial charge in [-0.15, -0.1) is 11.3 Å². The average molecular weight is 402 g/mol. The zero-order valence-corrected chi connectivity index (χ0v) is 15.1. The molecule has 1 N–H and O–H groups in total. The molecule has 0 saturated heterocycles. The fourth-order valence-electron chi connectivity index (χ4n) is 2.77. The van der Waals surface area contributed by atoms with Gasteiger partial charge < -0.3 is 5.32 Å². The Morgan fingerprint density at radius 2 is 1.89 bits per heavy atom. The SMILES string of the molecule is O=C(Cc1ccc(-c2ccccn2)cc1)Nc1ncn2c(C(F)(F)F)csc12. The maximum absolute atomic E-state index is 12.9. The molecule has 0 spiro atoms. The van der Waals surface area contributed by atoms with Gasteiger partial charge in [0.25, 0.3) is 0 Å². The molecule has 0 atom stereocenters. The van der Waals surface area contributed by atoms with E-state index in [4.69, 9.17) is 0 Å². The minimum Gasteiger partial charge on any atom is -0.308 e. The Labute approximate surface area is 161 Å². The fourth-order valence-corrected chi connectivity index (χ4v) is 3.71. The number of hydrogen-bond donors (Lipinski definition) is 1. The number of thiazole rings is 1. The van der Waals surface area contributed by atoms with E-state index in [-0.39, 0.29) is 23.0 Å². The Morgan fingerprint density at radius 3 is 2.57 bits per heavy atom. The van der Waals surface area contributed by atoms with Crippen LogP contribution in [-0.4, -0.2) is 20.3 Å². The van der Waals surface area contributed by atoms with Gasteiger partial charge in [-0.05, 0) is 17.7 Å². The molecule has 4 aromatic rings. The number of nitrogens with zero attached hydrogens (tertiary/aromatic N) is 3. The van der Waals surface area contributed by atoms with Crippen molar-refractivity contribution in [3.8, 4) is 11.3 Å². The van der Waals surface area contributed by atoms with E-state index >= 15 is 0 Å². The number of halogens is 3. The zero-order chi connectivity index (χ0) is 19.7. The lowest BCUT2D eigenvalue weighted by atomic mass is 10.1. The van der Waals surface area contributed by atoms with Gasteiger partial charge in [0.15, 0.2) is 5.82 Å². The number of anilines is 1. The van der Waals surface area contributed by atoms with Crippen LogP contribution in [-0.2, 0) is 17.4 Å². The number of nitrogens with one attached hydrogen (secondary N) is 1. The van der Waals surface area contributed by atoms with Crippen molar-refractivity contribution in [1.29, 1.82) is 0 Å². The van der Waals surface area contributed by atoms with Crippen LogP contribution in [0.4, 0.5) is 19.0 Å².